The molecule has 0 amide bonds. The first kappa shape index (κ1) is 11.8. The van der Waals surface area contributed by atoms with Crippen molar-refractivity contribution in [2.45, 2.75) is 31.8 Å². The molecule has 3 rings (SSSR count). The van der Waals surface area contributed by atoms with Crippen LogP contribution >= 0.6 is 23.2 Å². The molecular weight excluding hydrogens is 255 g/mol. The van der Waals surface area contributed by atoms with E-state index >= 15 is 0 Å². The van der Waals surface area contributed by atoms with Crippen molar-refractivity contribution in [1.82, 2.24) is 0 Å². The Morgan fingerprint density at radius 1 is 1.24 bits per heavy atom. The van der Waals surface area contributed by atoms with E-state index in [4.69, 9.17) is 23.2 Å². The van der Waals surface area contributed by atoms with Gasteiger partial charge >= 0.3 is 0 Å². The lowest BCUT2D eigenvalue weighted by atomic mass is 10.00. The van der Waals surface area contributed by atoms with Crippen molar-refractivity contribution < 1.29 is 5.11 Å². The lowest BCUT2D eigenvalue weighted by Crippen LogP contribution is -2.16. The zero-order chi connectivity index (χ0) is 12.0. The van der Waals surface area contributed by atoms with Crippen LogP contribution in [0.15, 0.2) is 18.2 Å². The molecule has 3 heteroatoms. The Labute approximate surface area is 112 Å². The van der Waals surface area contributed by atoms with E-state index in [2.05, 4.69) is 0 Å². The zero-order valence-electron chi connectivity index (χ0n) is 9.57. The third kappa shape index (κ3) is 2.09. The normalized spacial score (nSPS) is 32.3. The summed E-state index contributed by atoms with van der Waals surface area (Å²) in [6.45, 7) is 0. The van der Waals surface area contributed by atoms with Crippen LogP contribution in [-0.2, 0) is 6.42 Å². The van der Waals surface area contributed by atoms with Gasteiger partial charge in [-0.1, -0.05) is 41.8 Å². The summed E-state index contributed by atoms with van der Waals surface area (Å²) < 4.78 is 0. The second-order valence-corrected chi connectivity index (χ2v) is 6.11. The molecule has 2 saturated carbocycles. The molecule has 2 aliphatic rings. The van der Waals surface area contributed by atoms with Crippen molar-refractivity contribution in [3.63, 3.8) is 0 Å². The molecule has 2 aliphatic carbocycles. The molecule has 1 N–H and O–H groups in total. The SMILES string of the molecule is OC(Cc1cccc(Cl)c1Cl)C1C2CCCC21. The number of halogens is 2. The van der Waals surface area contributed by atoms with Gasteiger partial charge in [0.1, 0.15) is 0 Å². The predicted molar refractivity (Wildman–Crippen MR) is 70.5 cm³/mol. The summed E-state index contributed by atoms with van der Waals surface area (Å²) in [6.07, 6.45) is 4.33. The van der Waals surface area contributed by atoms with Crippen molar-refractivity contribution in [1.29, 1.82) is 0 Å². The Balaban J connectivity index is 1.69. The van der Waals surface area contributed by atoms with Gasteiger partial charge in [-0.05, 0) is 42.2 Å². The molecule has 92 valence electrons. The van der Waals surface area contributed by atoms with Gasteiger partial charge in [-0.3, -0.25) is 0 Å². The predicted octanol–water partition coefficient (Wildman–Crippen LogP) is 3.94. The van der Waals surface area contributed by atoms with Crippen LogP contribution in [0.3, 0.4) is 0 Å². The monoisotopic (exact) mass is 270 g/mol. The maximum Gasteiger partial charge on any atom is 0.0625 e. The molecule has 0 radical (unpaired) electrons. The molecule has 1 nitrogen and oxygen atoms in total. The number of aliphatic hydroxyl groups is 1. The maximum absolute atomic E-state index is 10.3. The molecule has 0 spiro atoms. The van der Waals surface area contributed by atoms with Crippen LogP contribution in [0.1, 0.15) is 24.8 Å². The minimum atomic E-state index is -0.249. The van der Waals surface area contributed by atoms with Crippen LogP contribution in [0.2, 0.25) is 10.0 Å². The molecule has 0 aliphatic heterocycles. The lowest BCUT2D eigenvalue weighted by molar-refractivity contribution is 0.135. The van der Waals surface area contributed by atoms with E-state index in [1.807, 2.05) is 12.1 Å². The topological polar surface area (TPSA) is 20.2 Å². The third-order valence-electron chi connectivity index (χ3n) is 4.38. The Hall–Kier alpha value is -0.240. The Morgan fingerprint density at radius 3 is 2.65 bits per heavy atom. The van der Waals surface area contributed by atoms with Gasteiger partial charge in [-0.15, -0.1) is 0 Å². The van der Waals surface area contributed by atoms with Crippen LogP contribution in [0, 0.1) is 17.8 Å². The molecule has 2 fully saturated rings. The smallest absolute Gasteiger partial charge is 0.0625 e. The van der Waals surface area contributed by atoms with E-state index in [0.29, 0.717) is 22.4 Å². The molecule has 0 heterocycles. The minimum Gasteiger partial charge on any atom is -0.392 e. The van der Waals surface area contributed by atoms with E-state index in [0.717, 1.165) is 17.4 Å². The fraction of sp³-hybridized carbons (Fsp3) is 0.571. The fourth-order valence-electron chi connectivity index (χ4n) is 3.52. The van der Waals surface area contributed by atoms with Gasteiger partial charge in [-0.2, -0.15) is 0 Å². The van der Waals surface area contributed by atoms with Gasteiger partial charge in [0.05, 0.1) is 16.1 Å². The van der Waals surface area contributed by atoms with Crippen LogP contribution in [0.4, 0.5) is 0 Å². The van der Waals surface area contributed by atoms with Crippen LogP contribution < -0.4 is 0 Å². The van der Waals surface area contributed by atoms with Gasteiger partial charge in [0, 0.05) is 6.42 Å². The van der Waals surface area contributed by atoms with Gasteiger partial charge in [-0.25, -0.2) is 0 Å². The lowest BCUT2D eigenvalue weighted by Gasteiger charge is -2.14. The molecule has 0 saturated heterocycles. The van der Waals surface area contributed by atoms with E-state index in [1.165, 1.54) is 19.3 Å². The van der Waals surface area contributed by atoms with Crippen molar-refractivity contribution in [3.8, 4) is 0 Å². The number of hydrogen-bond donors (Lipinski definition) is 1. The second-order valence-electron chi connectivity index (χ2n) is 5.32. The summed E-state index contributed by atoms with van der Waals surface area (Å²) in [5.41, 5.74) is 0.969. The number of aliphatic hydroxyl groups excluding tert-OH is 1. The average Bonchev–Trinajstić information content (AvgIpc) is 2.79. The van der Waals surface area contributed by atoms with Crippen molar-refractivity contribution in [3.05, 3.63) is 33.8 Å². The van der Waals surface area contributed by atoms with Crippen LogP contribution in [0.5, 0.6) is 0 Å². The highest BCUT2D eigenvalue weighted by Gasteiger charge is 2.55. The number of rotatable bonds is 3. The first-order valence-corrected chi connectivity index (χ1v) is 7.05. The van der Waals surface area contributed by atoms with E-state index in [-0.39, 0.29) is 6.10 Å². The molecular formula is C14H16Cl2O. The quantitative estimate of drug-likeness (QED) is 0.882. The van der Waals surface area contributed by atoms with Crippen molar-refractivity contribution in [2.24, 2.45) is 17.8 Å². The summed E-state index contributed by atoms with van der Waals surface area (Å²) in [4.78, 5) is 0. The van der Waals surface area contributed by atoms with E-state index in [1.54, 1.807) is 6.07 Å². The Bertz CT molecular complexity index is 422. The van der Waals surface area contributed by atoms with Crippen LogP contribution in [-0.4, -0.2) is 11.2 Å². The molecule has 1 aromatic rings. The van der Waals surface area contributed by atoms with E-state index < -0.39 is 0 Å². The summed E-state index contributed by atoms with van der Waals surface area (Å²) in [6, 6.07) is 5.63. The first-order chi connectivity index (χ1) is 8.18. The molecule has 0 bridgehead atoms. The molecule has 3 atom stereocenters. The Morgan fingerprint density at radius 2 is 1.94 bits per heavy atom. The number of hydrogen-bond acceptors (Lipinski definition) is 1. The zero-order valence-corrected chi connectivity index (χ0v) is 11.1. The van der Waals surface area contributed by atoms with Crippen LogP contribution in [0.25, 0.3) is 0 Å². The van der Waals surface area contributed by atoms with Gasteiger partial charge < -0.3 is 5.11 Å². The number of fused-ring (bicyclic) bond motifs is 1. The average molecular weight is 271 g/mol. The summed E-state index contributed by atoms with van der Waals surface area (Å²) in [5.74, 6) is 2.07. The highest BCUT2D eigenvalue weighted by atomic mass is 35.5. The maximum atomic E-state index is 10.3. The first-order valence-electron chi connectivity index (χ1n) is 6.29. The van der Waals surface area contributed by atoms with Gasteiger partial charge in [0.25, 0.3) is 0 Å². The highest BCUT2D eigenvalue weighted by molar-refractivity contribution is 6.42. The second kappa shape index (κ2) is 4.46. The fourth-order valence-corrected chi connectivity index (χ4v) is 3.91. The van der Waals surface area contributed by atoms with Crippen molar-refractivity contribution >= 4 is 23.2 Å². The minimum absolute atomic E-state index is 0.249. The van der Waals surface area contributed by atoms with Gasteiger partial charge in [0.15, 0.2) is 0 Å². The standard InChI is InChI=1S/C14H16Cl2O/c15-11-6-1-3-8(14(11)16)7-12(17)13-9-4-2-5-10(9)13/h1,3,6,9-10,12-13,17H,2,4-5,7H2. The summed E-state index contributed by atoms with van der Waals surface area (Å²) in [7, 11) is 0. The van der Waals surface area contributed by atoms with Crippen molar-refractivity contribution in [2.75, 3.05) is 0 Å². The van der Waals surface area contributed by atoms with E-state index in [9.17, 15) is 5.11 Å². The third-order valence-corrected chi connectivity index (χ3v) is 5.24. The number of benzene rings is 1. The highest BCUT2D eigenvalue weighted by Crippen LogP contribution is 2.59. The molecule has 3 unspecified atom stereocenters. The summed E-state index contributed by atoms with van der Waals surface area (Å²) >= 11 is 12.1. The molecule has 17 heavy (non-hydrogen) atoms. The molecule has 0 aromatic heterocycles. The molecule has 1 aromatic carbocycles. The summed E-state index contributed by atoms with van der Waals surface area (Å²) in [5, 5.41) is 11.4. The van der Waals surface area contributed by atoms with Gasteiger partial charge in [0.2, 0.25) is 0 Å². The Kier molecular flexibility index (Phi) is 3.10. The largest absolute Gasteiger partial charge is 0.392 e.